The highest BCUT2D eigenvalue weighted by atomic mass is 16.5. The van der Waals surface area contributed by atoms with Crippen LogP contribution < -0.4 is 4.74 Å². The number of hydrogen-bond acceptors (Lipinski definition) is 3. The molecule has 17 heavy (non-hydrogen) atoms. The van der Waals surface area contributed by atoms with E-state index in [2.05, 4.69) is 6.07 Å². The zero-order valence-corrected chi connectivity index (χ0v) is 9.89. The van der Waals surface area contributed by atoms with Gasteiger partial charge in [0.15, 0.2) is 6.29 Å². The van der Waals surface area contributed by atoms with Crippen LogP contribution in [0.5, 0.6) is 5.75 Å². The van der Waals surface area contributed by atoms with Crippen LogP contribution in [0.25, 0.3) is 0 Å². The highest BCUT2D eigenvalue weighted by Crippen LogP contribution is 2.50. The minimum Gasteiger partial charge on any atom is -0.496 e. The maximum Gasteiger partial charge on any atom is 0.153 e. The molecule has 90 valence electrons. The number of carbonyl (C=O) groups excluding carboxylic acids is 1. The van der Waals surface area contributed by atoms with E-state index in [9.17, 15) is 4.79 Å². The van der Waals surface area contributed by atoms with Crippen LogP contribution in [0, 0.1) is 11.8 Å². The second-order valence-corrected chi connectivity index (χ2v) is 4.92. The summed E-state index contributed by atoms with van der Waals surface area (Å²) in [6.07, 6.45) is 2.05. The second-order valence-electron chi connectivity index (χ2n) is 4.92. The normalized spacial score (nSPS) is 30.5. The van der Waals surface area contributed by atoms with E-state index in [0.717, 1.165) is 25.4 Å². The van der Waals surface area contributed by atoms with E-state index in [1.54, 1.807) is 7.11 Å². The summed E-state index contributed by atoms with van der Waals surface area (Å²) in [6, 6.07) is 5.93. The summed E-state index contributed by atoms with van der Waals surface area (Å²) in [5, 5.41) is 0. The average Bonchev–Trinajstić information content (AvgIpc) is 2.70. The van der Waals surface area contributed by atoms with Crippen molar-refractivity contribution in [2.75, 3.05) is 20.3 Å². The Morgan fingerprint density at radius 2 is 2.29 bits per heavy atom. The molecule has 1 aromatic rings. The van der Waals surface area contributed by atoms with Crippen LogP contribution in [-0.4, -0.2) is 26.6 Å². The SMILES string of the molecule is COc1ccc(C2CC3COCC32)cc1C=O. The molecule has 3 heteroatoms. The van der Waals surface area contributed by atoms with E-state index < -0.39 is 0 Å². The summed E-state index contributed by atoms with van der Waals surface area (Å²) in [6.45, 7) is 1.79. The highest BCUT2D eigenvalue weighted by Gasteiger charge is 2.45. The monoisotopic (exact) mass is 232 g/mol. The molecule has 1 aliphatic carbocycles. The second kappa shape index (κ2) is 4.15. The van der Waals surface area contributed by atoms with Crippen LogP contribution in [-0.2, 0) is 4.74 Å². The maximum atomic E-state index is 11.0. The molecule has 3 rings (SSSR count). The van der Waals surface area contributed by atoms with Crippen molar-refractivity contribution in [3.63, 3.8) is 0 Å². The van der Waals surface area contributed by atoms with E-state index in [-0.39, 0.29) is 0 Å². The van der Waals surface area contributed by atoms with E-state index in [4.69, 9.17) is 9.47 Å². The molecule has 0 radical (unpaired) electrons. The third-order valence-electron chi connectivity index (χ3n) is 4.13. The van der Waals surface area contributed by atoms with Gasteiger partial charge in [-0.3, -0.25) is 4.79 Å². The predicted octanol–water partition coefficient (Wildman–Crippen LogP) is 2.26. The van der Waals surface area contributed by atoms with Crippen LogP contribution in [0.3, 0.4) is 0 Å². The van der Waals surface area contributed by atoms with Gasteiger partial charge in [-0.15, -0.1) is 0 Å². The van der Waals surface area contributed by atoms with Gasteiger partial charge in [0.25, 0.3) is 0 Å². The number of aldehydes is 1. The number of ether oxygens (including phenoxy) is 2. The minimum atomic E-state index is 0.562. The van der Waals surface area contributed by atoms with Gasteiger partial charge in [0, 0.05) is 6.61 Å². The smallest absolute Gasteiger partial charge is 0.153 e. The molecule has 1 aromatic carbocycles. The topological polar surface area (TPSA) is 35.5 Å². The lowest BCUT2D eigenvalue weighted by molar-refractivity contribution is 0.112. The first-order valence-corrected chi connectivity index (χ1v) is 6.04. The summed E-state index contributed by atoms with van der Waals surface area (Å²) in [5.74, 6) is 2.61. The van der Waals surface area contributed by atoms with Gasteiger partial charge in [0.1, 0.15) is 5.75 Å². The summed E-state index contributed by atoms with van der Waals surface area (Å²) in [5.41, 5.74) is 1.90. The fourth-order valence-corrected chi connectivity index (χ4v) is 3.07. The first-order chi connectivity index (χ1) is 8.33. The lowest BCUT2D eigenvalue weighted by Gasteiger charge is -2.39. The summed E-state index contributed by atoms with van der Waals surface area (Å²) < 4.78 is 10.6. The zero-order valence-electron chi connectivity index (χ0n) is 9.89. The molecule has 1 aliphatic heterocycles. The molecular formula is C14H16O3. The van der Waals surface area contributed by atoms with Gasteiger partial charge >= 0.3 is 0 Å². The zero-order chi connectivity index (χ0) is 11.8. The number of hydrogen-bond donors (Lipinski definition) is 0. The average molecular weight is 232 g/mol. The van der Waals surface area contributed by atoms with E-state index >= 15 is 0 Å². The predicted molar refractivity (Wildman–Crippen MR) is 63.5 cm³/mol. The molecule has 3 nitrogen and oxygen atoms in total. The van der Waals surface area contributed by atoms with Gasteiger partial charge < -0.3 is 9.47 Å². The molecule has 0 bridgehead atoms. The Morgan fingerprint density at radius 3 is 3.00 bits per heavy atom. The Labute approximate surface area is 101 Å². The fraction of sp³-hybridized carbons (Fsp3) is 0.500. The Kier molecular flexibility index (Phi) is 2.63. The largest absolute Gasteiger partial charge is 0.496 e. The van der Waals surface area contributed by atoms with Crippen molar-refractivity contribution in [3.05, 3.63) is 29.3 Å². The first-order valence-electron chi connectivity index (χ1n) is 6.04. The Hall–Kier alpha value is -1.35. The van der Waals surface area contributed by atoms with Crippen LogP contribution in [0.15, 0.2) is 18.2 Å². The Morgan fingerprint density at radius 1 is 1.41 bits per heavy atom. The summed E-state index contributed by atoms with van der Waals surface area (Å²) >= 11 is 0. The van der Waals surface area contributed by atoms with Crippen molar-refractivity contribution in [2.24, 2.45) is 11.8 Å². The van der Waals surface area contributed by atoms with E-state index in [1.165, 1.54) is 12.0 Å². The van der Waals surface area contributed by atoms with Crippen molar-refractivity contribution in [3.8, 4) is 5.75 Å². The third kappa shape index (κ3) is 1.65. The molecule has 3 unspecified atom stereocenters. The van der Waals surface area contributed by atoms with Crippen LogP contribution in [0.4, 0.5) is 0 Å². The molecule has 0 aromatic heterocycles. The molecule has 1 heterocycles. The summed E-state index contributed by atoms with van der Waals surface area (Å²) in [4.78, 5) is 11.0. The molecular weight excluding hydrogens is 216 g/mol. The van der Waals surface area contributed by atoms with Crippen LogP contribution >= 0.6 is 0 Å². The first kappa shape index (κ1) is 10.8. The minimum absolute atomic E-state index is 0.562. The van der Waals surface area contributed by atoms with Crippen molar-refractivity contribution >= 4 is 6.29 Å². The van der Waals surface area contributed by atoms with Crippen molar-refractivity contribution < 1.29 is 14.3 Å². The number of rotatable bonds is 3. The van der Waals surface area contributed by atoms with Crippen molar-refractivity contribution in [1.82, 2.24) is 0 Å². The van der Waals surface area contributed by atoms with E-state index in [1.807, 2.05) is 12.1 Å². The molecule has 3 atom stereocenters. The highest BCUT2D eigenvalue weighted by molar-refractivity contribution is 5.79. The standard InChI is InChI=1S/C14H16O3/c1-16-14-3-2-9(4-10(14)6-15)12-5-11-7-17-8-13(11)12/h2-4,6,11-13H,5,7-8H2,1H3. The Balaban J connectivity index is 1.86. The maximum absolute atomic E-state index is 11.0. The third-order valence-corrected chi connectivity index (χ3v) is 4.13. The molecule has 0 amide bonds. The molecule has 1 saturated heterocycles. The van der Waals surface area contributed by atoms with E-state index in [0.29, 0.717) is 23.1 Å². The molecule has 2 aliphatic rings. The number of carbonyl (C=O) groups is 1. The molecule has 0 spiro atoms. The van der Waals surface area contributed by atoms with Gasteiger partial charge in [-0.2, -0.15) is 0 Å². The lowest BCUT2D eigenvalue weighted by Crippen LogP contribution is -2.33. The van der Waals surface area contributed by atoms with Gasteiger partial charge in [-0.05, 0) is 41.9 Å². The van der Waals surface area contributed by atoms with Gasteiger partial charge in [-0.25, -0.2) is 0 Å². The van der Waals surface area contributed by atoms with Crippen LogP contribution in [0.1, 0.15) is 28.3 Å². The van der Waals surface area contributed by atoms with Gasteiger partial charge in [-0.1, -0.05) is 6.07 Å². The Bertz CT molecular complexity index is 441. The van der Waals surface area contributed by atoms with Crippen molar-refractivity contribution in [2.45, 2.75) is 12.3 Å². The molecule has 2 fully saturated rings. The summed E-state index contributed by atoms with van der Waals surface area (Å²) in [7, 11) is 1.59. The van der Waals surface area contributed by atoms with Crippen LogP contribution in [0.2, 0.25) is 0 Å². The lowest BCUT2D eigenvalue weighted by atomic mass is 9.64. The number of benzene rings is 1. The number of fused-ring (bicyclic) bond motifs is 1. The molecule has 1 saturated carbocycles. The fourth-order valence-electron chi connectivity index (χ4n) is 3.07. The van der Waals surface area contributed by atoms with Gasteiger partial charge in [0.05, 0.1) is 19.3 Å². The van der Waals surface area contributed by atoms with Crippen molar-refractivity contribution in [1.29, 1.82) is 0 Å². The number of methoxy groups -OCH3 is 1. The quantitative estimate of drug-likeness (QED) is 0.750. The van der Waals surface area contributed by atoms with Gasteiger partial charge in [0.2, 0.25) is 0 Å². The molecule has 0 N–H and O–H groups in total.